The summed E-state index contributed by atoms with van der Waals surface area (Å²) in [5, 5.41) is 0. The zero-order valence-corrected chi connectivity index (χ0v) is 13.1. The molecule has 0 saturated carbocycles. The van der Waals surface area contributed by atoms with Gasteiger partial charge < -0.3 is 4.90 Å². The monoisotopic (exact) mass is 280 g/mol. The lowest BCUT2D eigenvalue weighted by atomic mass is 10.0. The van der Waals surface area contributed by atoms with Gasteiger partial charge in [-0.3, -0.25) is 0 Å². The van der Waals surface area contributed by atoms with Crippen molar-refractivity contribution in [3.8, 4) is 0 Å². The molecular formula is C16H25ClN2. The smallest absolute Gasteiger partial charge is 0.129 e. The fraction of sp³-hybridized carbons (Fsp3) is 0.688. The van der Waals surface area contributed by atoms with E-state index < -0.39 is 0 Å². The number of nitrogens with zero attached hydrogens (tertiary/aromatic N) is 2. The van der Waals surface area contributed by atoms with Gasteiger partial charge in [0.1, 0.15) is 5.82 Å². The average molecular weight is 281 g/mol. The lowest BCUT2D eigenvalue weighted by Gasteiger charge is -2.20. The number of rotatable bonds is 5. The highest BCUT2D eigenvalue weighted by Gasteiger charge is 2.23. The van der Waals surface area contributed by atoms with Gasteiger partial charge in [0.2, 0.25) is 0 Å². The summed E-state index contributed by atoms with van der Waals surface area (Å²) in [5.74, 6) is 2.99. The van der Waals surface area contributed by atoms with Gasteiger partial charge in [-0.1, -0.05) is 27.2 Å². The van der Waals surface area contributed by atoms with E-state index in [4.69, 9.17) is 16.6 Å². The Labute approximate surface area is 122 Å². The van der Waals surface area contributed by atoms with E-state index in [0.717, 1.165) is 30.5 Å². The second-order valence-corrected chi connectivity index (χ2v) is 6.20. The normalized spacial score (nSPS) is 19.4. The molecule has 1 saturated heterocycles. The highest BCUT2D eigenvalue weighted by atomic mass is 35.5. The molecule has 1 aliphatic rings. The van der Waals surface area contributed by atoms with Crippen LogP contribution in [0.4, 0.5) is 5.82 Å². The summed E-state index contributed by atoms with van der Waals surface area (Å²) in [6.45, 7) is 8.94. The lowest BCUT2D eigenvalue weighted by molar-refractivity contribution is 0.529. The SMILES string of the molecule is CCCC1CCN(c2cc(CCl)cc(C(C)C)n2)C1. The molecule has 0 radical (unpaired) electrons. The zero-order valence-electron chi connectivity index (χ0n) is 12.3. The first kappa shape index (κ1) is 14.6. The number of hydrogen-bond donors (Lipinski definition) is 0. The molecule has 2 heterocycles. The Balaban J connectivity index is 2.17. The van der Waals surface area contributed by atoms with Gasteiger partial charge in [-0.25, -0.2) is 4.98 Å². The predicted molar refractivity (Wildman–Crippen MR) is 83.1 cm³/mol. The van der Waals surface area contributed by atoms with Crippen molar-refractivity contribution < 1.29 is 0 Å². The Kier molecular flexibility index (Phi) is 5.09. The summed E-state index contributed by atoms with van der Waals surface area (Å²) < 4.78 is 0. The van der Waals surface area contributed by atoms with Crippen molar-refractivity contribution in [2.75, 3.05) is 18.0 Å². The first-order chi connectivity index (χ1) is 9.13. The third-order valence-corrected chi connectivity index (χ3v) is 4.25. The molecule has 0 amide bonds. The molecule has 0 bridgehead atoms. The number of pyridine rings is 1. The molecule has 0 aliphatic carbocycles. The molecule has 0 spiro atoms. The third kappa shape index (κ3) is 3.62. The number of alkyl halides is 1. The molecule has 2 nitrogen and oxygen atoms in total. The van der Waals surface area contributed by atoms with Crippen LogP contribution in [0.15, 0.2) is 12.1 Å². The van der Waals surface area contributed by atoms with Crippen molar-refractivity contribution in [3.05, 3.63) is 23.4 Å². The van der Waals surface area contributed by atoms with Crippen LogP contribution in [0.5, 0.6) is 0 Å². The van der Waals surface area contributed by atoms with Crippen LogP contribution < -0.4 is 4.90 Å². The molecule has 0 aromatic carbocycles. The first-order valence-corrected chi connectivity index (χ1v) is 7.99. The molecule has 1 unspecified atom stereocenters. The highest BCUT2D eigenvalue weighted by Crippen LogP contribution is 2.28. The topological polar surface area (TPSA) is 16.1 Å². The van der Waals surface area contributed by atoms with Crippen LogP contribution in [0.3, 0.4) is 0 Å². The molecule has 2 rings (SSSR count). The maximum Gasteiger partial charge on any atom is 0.129 e. The molecular weight excluding hydrogens is 256 g/mol. The minimum atomic E-state index is 0.455. The maximum absolute atomic E-state index is 6.01. The summed E-state index contributed by atoms with van der Waals surface area (Å²) in [4.78, 5) is 7.26. The van der Waals surface area contributed by atoms with Gasteiger partial charge >= 0.3 is 0 Å². The summed E-state index contributed by atoms with van der Waals surface area (Å²) in [7, 11) is 0. The van der Waals surface area contributed by atoms with Gasteiger partial charge in [0.25, 0.3) is 0 Å². The molecule has 1 aromatic rings. The van der Waals surface area contributed by atoms with Crippen molar-refractivity contribution >= 4 is 17.4 Å². The van der Waals surface area contributed by atoms with Gasteiger partial charge in [0.15, 0.2) is 0 Å². The van der Waals surface area contributed by atoms with Gasteiger partial charge in [-0.15, -0.1) is 11.6 Å². The zero-order chi connectivity index (χ0) is 13.8. The van der Waals surface area contributed by atoms with E-state index in [9.17, 15) is 0 Å². The Morgan fingerprint density at radius 3 is 2.84 bits per heavy atom. The van der Waals surface area contributed by atoms with E-state index in [0.29, 0.717) is 11.8 Å². The molecule has 19 heavy (non-hydrogen) atoms. The third-order valence-electron chi connectivity index (χ3n) is 3.94. The molecule has 1 fully saturated rings. The number of hydrogen-bond acceptors (Lipinski definition) is 2. The van der Waals surface area contributed by atoms with Crippen molar-refractivity contribution in [1.29, 1.82) is 0 Å². The lowest BCUT2D eigenvalue weighted by Crippen LogP contribution is -2.21. The van der Waals surface area contributed by atoms with Crippen LogP contribution in [0.2, 0.25) is 0 Å². The Morgan fingerprint density at radius 1 is 1.42 bits per heavy atom. The van der Waals surface area contributed by atoms with Crippen LogP contribution in [-0.4, -0.2) is 18.1 Å². The fourth-order valence-corrected chi connectivity index (χ4v) is 2.97. The second kappa shape index (κ2) is 6.60. The summed E-state index contributed by atoms with van der Waals surface area (Å²) in [5.41, 5.74) is 2.35. The van der Waals surface area contributed by atoms with Gasteiger partial charge in [0.05, 0.1) is 0 Å². The van der Waals surface area contributed by atoms with E-state index in [1.165, 1.54) is 24.8 Å². The second-order valence-electron chi connectivity index (χ2n) is 5.94. The number of anilines is 1. The van der Waals surface area contributed by atoms with Crippen LogP contribution in [0.25, 0.3) is 0 Å². The minimum Gasteiger partial charge on any atom is -0.356 e. The van der Waals surface area contributed by atoms with E-state index in [2.05, 4.69) is 37.8 Å². The van der Waals surface area contributed by atoms with Crippen LogP contribution in [-0.2, 0) is 5.88 Å². The van der Waals surface area contributed by atoms with E-state index >= 15 is 0 Å². The quantitative estimate of drug-likeness (QED) is 0.735. The fourth-order valence-electron chi connectivity index (χ4n) is 2.81. The Bertz CT molecular complexity index is 417. The van der Waals surface area contributed by atoms with Crippen LogP contribution in [0, 0.1) is 5.92 Å². The van der Waals surface area contributed by atoms with E-state index in [1.54, 1.807) is 0 Å². The first-order valence-electron chi connectivity index (χ1n) is 7.45. The Hall–Kier alpha value is -0.760. The van der Waals surface area contributed by atoms with Crippen molar-refractivity contribution in [2.45, 2.75) is 51.8 Å². The average Bonchev–Trinajstić information content (AvgIpc) is 2.87. The molecule has 3 heteroatoms. The molecule has 1 atom stereocenters. The highest BCUT2D eigenvalue weighted by molar-refractivity contribution is 6.17. The van der Waals surface area contributed by atoms with E-state index in [-0.39, 0.29) is 0 Å². The van der Waals surface area contributed by atoms with Crippen molar-refractivity contribution in [1.82, 2.24) is 4.98 Å². The number of halogens is 1. The molecule has 106 valence electrons. The summed E-state index contributed by atoms with van der Waals surface area (Å²) in [6, 6.07) is 4.30. The molecule has 1 aliphatic heterocycles. The van der Waals surface area contributed by atoms with Gasteiger partial charge in [0, 0.05) is 24.7 Å². The maximum atomic E-state index is 6.01. The summed E-state index contributed by atoms with van der Waals surface area (Å²) in [6.07, 6.45) is 3.92. The van der Waals surface area contributed by atoms with Crippen molar-refractivity contribution in [2.24, 2.45) is 5.92 Å². The van der Waals surface area contributed by atoms with Gasteiger partial charge in [-0.2, -0.15) is 0 Å². The Morgan fingerprint density at radius 2 is 2.21 bits per heavy atom. The largest absolute Gasteiger partial charge is 0.356 e. The van der Waals surface area contributed by atoms with Crippen LogP contribution >= 0.6 is 11.6 Å². The number of aromatic nitrogens is 1. The summed E-state index contributed by atoms with van der Waals surface area (Å²) >= 11 is 6.01. The molecule has 0 N–H and O–H groups in total. The van der Waals surface area contributed by atoms with Crippen LogP contribution in [0.1, 0.15) is 57.2 Å². The predicted octanol–water partition coefficient (Wildman–Crippen LogP) is 4.57. The standard InChI is InChI=1S/C16H25ClN2/c1-4-5-13-6-7-19(11-13)16-9-14(10-17)8-15(18-16)12(2)3/h8-9,12-13H,4-7,10-11H2,1-3H3. The van der Waals surface area contributed by atoms with Crippen molar-refractivity contribution in [3.63, 3.8) is 0 Å². The van der Waals surface area contributed by atoms with Gasteiger partial charge in [-0.05, 0) is 42.4 Å². The molecule has 1 aromatic heterocycles. The minimum absolute atomic E-state index is 0.455. The van der Waals surface area contributed by atoms with E-state index in [1.807, 2.05) is 0 Å².